The third-order valence-corrected chi connectivity index (χ3v) is 1.63. The predicted molar refractivity (Wildman–Crippen MR) is 40.5 cm³/mol. The molecule has 0 amide bonds. The van der Waals surface area contributed by atoms with Crippen molar-refractivity contribution in [3.05, 3.63) is 0 Å². The molecule has 1 aliphatic rings. The molecule has 1 fully saturated rings. The van der Waals surface area contributed by atoms with E-state index in [1.807, 2.05) is 0 Å². The quantitative estimate of drug-likeness (QED) is 0.606. The van der Waals surface area contributed by atoms with Gasteiger partial charge in [0.25, 0.3) is 0 Å². The Hall–Kier alpha value is -0.410. The SMILES string of the molecule is CC(=O)COCC1CCCO1. The second-order valence-electron chi connectivity index (χ2n) is 2.85. The van der Waals surface area contributed by atoms with Gasteiger partial charge in [-0.3, -0.25) is 4.79 Å². The number of Topliss-reactive ketones (excluding diaryl/α,β-unsaturated/α-hetero) is 1. The fourth-order valence-corrected chi connectivity index (χ4v) is 1.11. The summed E-state index contributed by atoms with van der Waals surface area (Å²) in [5, 5.41) is 0. The van der Waals surface area contributed by atoms with Crippen LogP contribution in [0, 0.1) is 0 Å². The van der Waals surface area contributed by atoms with Gasteiger partial charge in [-0.05, 0) is 19.8 Å². The smallest absolute Gasteiger partial charge is 0.155 e. The van der Waals surface area contributed by atoms with Crippen LogP contribution in [-0.2, 0) is 14.3 Å². The van der Waals surface area contributed by atoms with Crippen LogP contribution in [0.5, 0.6) is 0 Å². The molecule has 0 aliphatic carbocycles. The number of hydrogen-bond donors (Lipinski definition) is 0. The molecular weight excluding hydrogens is 144 g/mol. The van der Waals surface area contributed by atoms with Crippen LogP contribution >= 0.6 is 0 Å². The zero-order valence-corrected chi connectivity index (χ0v) is 6.84. The zero-order valence-electron chi connectivity index (χ0n) is 6.84. The van der Waals surface area contributed by atoms with Gasteiger partial charge < -0.3 is 9.47 Å². The first-order valence-electron chi connectivity index (χ1n) is 3.98. The summed E-state index contributed by atoms with van der Waals surface area (Å²) in [5.74, 6) is 0.0722. The molecule has 64 valence electrons. The second kappa shape index (κ2) is 4.46. The van der Waals surface area contributed by atoms with Gasteiger partial charge in [-0.15, -0.1) is 0 Å². The Bertz CT molecular complexity index is 127. The number of hydrogen-bond acceptors (Lipinski definition) is 3. The molecule has 3 nitrogen and oxygen atoms in total. The summed E-state index contributed by atoms with van der Waals surface area (Å²) in [5.41, 5.74) is 0. The van der Waals surface area contributed by atoms with E-state index in [0.717, 1.165) is 19.4 Å². The van der Waals surface area contributed by atoms with E-state index in [-0.39, 0.29) is 18.5 Å². The Kier molecular flexibility index (Phi) is 3.52. The van der Waals surface area contributed by atoms with Gasteiger partial charge in [0.05, 0.1) is 12.7 Å². The van der Waals surface area contributed by atoms with Crippen molar-refractivity contribution >= 4 is 5.78 Å². The predicted octanol–water partition coefficient (Wildman–Crippen LogP) is 0.771. The Morgan fingerprint density at radius 3 is 3.09 bits per heavy atom. The number of rotatable bonds is 4. The van der Waals surface area contributed by atoms with E-state index in [1.165, 1.54) is 6.92 Å². The molecule has 0 aromatic carbocycles. The standard InChI is InChI=1S/C8H14O3/c1-7(9)5-10-6-8-3-2-4-11-8/h8H,2-6H2,1H3. The van der Waals surface area contributed by atoms with Crippen molar-refractivity contribution in [2.24, 2.45) is 0 Å². The van der Waals surface area contributed by atoms with E-state index in [0.29, 0.717) is 6.61 Å². The van der Waals surface area contributed by atoms with Crippen molar-refractivity contribution in [2.45, 2.75) is 25.9 Å². The van der Waals surface area contributed by atoms with Crippen LogP contribution in [0.15, 0.2) is 0 Å². The third-order valence-electron chi connectivity index (χ3n) is 1.63. The van der Waals surface area contributed by atoms with Gasteiger partial charge in [0.15, 0.2) is 5.78 Å². The maximum atomic E-state index is 10.5. The van der Waals surface area contributed by atoms with Crippen LogP contribution < -0.4 is 0 Å². The molecule has 0 radical (unpaired) electrons. The molecule has 1 aliphatic heterocycles. The molecule has 3 heteroatoms. The maximum absolute atomic E-state index is 10.5. The molecule has 0 saturated carbocycles. The minimum atomic E-state index is 0.0722. The molecule has 11 heavy (non-hydrogen) atoms. The van der Waals surface area contributed by atoms with Crippen molar-refractivity contribution in [3.8, 4) is 0 Å². The number of carbonyl (C=O) groups excluding carboxylic acids is 1. The summed E-state index contributed by atoms with van der Waals surface area (Å²) >= 11 is 0. The summed E-state index contributed by atoms with van der Waals surface area (Å²) in [6, 6.07) is 0. The zero-order chi connectivity index (χ0) is 8.10. The fraction of sp³-hybridized carbons (Fsp3) is 0.875. The van der Waals surface area contributed by atoms with Crippen LogP contribution in [0.3, 0.4) is 0 Å². The molecule has 1 saturated heterocycles. The van der Waals surface area contributed by atoms with E-state index >= 15 is 0 Å². The number of ketones is 1. The average molecular weight is 158 g/mol. The van der Waals surface area contributed by atoms with Gasteiger partial charge in [-0.2, -0.15) is 0 Å². The lowest BCUT2D eigenvalue weighted by molar-refractivity contribution is -0.122. The van der Waals surface area contributed by atoms with Crippen molar-refractivity contribution < 1.29 is 14.3 Å². The highest BCUT2D eigenvalue weighted by Crippen LogP contribution is 2.11. The minimum Gasteiger partial charge on any atom is -0.376 e. The summed E-state index contributed by atoms with van der Waals surface area (Å²) in [6.45, 7) is 3.16. The largest absolute Gasteiger partial charge is 0.376 e. The minimum absolute atomic E-state index is 0.0722. The maximum Gasteiger partial charge on any atom is 0.155 e. The van der Waals surface area contributed by atoms with E-state index < -0.39 is 0 Å². The Labute approximate surface area is 66.7 Å². The highest BCUT2D eigenvalue weighted by molar-refractivity contribution is 5.76. The van der Waals surface area contributed by atoms with E-state index in [2.05, 4.69) is 0 Å². The Morgan fingerprint density at radius 2 is 2.55 bits per heavy atom. The second-order valence-corrected chi connectivity index (χ2v) is 2.85. The average Bonchev–Trinajstić information content (AvgIpc) is 2.39. The lowest BCUT2D eigenvalue weighted by Gasteiger charge is -2.07. The normalized spacial score (nSPS) is 23.9. The van der Waals surface area contributed by atoms with Crippen LogP contribution in [0.2, 0.25) is 0 Å². The van der Waals surface area contributed by atoms with Gasteiger partial charge in [-0.25, -0.2) is 0 Å². The molecule has 1 rings (SSSR count). The lowest BCUT2D eigenvalue weighted by Crippen LogP contribution is -2.16. The van der Waals surface area contributed by atoms with Crippen LogP contribution in [0.25, 0.3) is 0 Å². The molecule has 0 aromatic rings. The molecule has 1 heterocycles. The molecule has 0 spiro atoms. The van der Waals surface area contributed by atoms with E-state index in [1.54, 1.807) is 0 Å². The van der Waals surface area contributed by atoms with E-state index in [4.69, 9.17) is 9.47 Å². The summed E-state index contributed by atoms with van der Waals surface area (Å²) in [6.07, 6.45) is 2.42. The first-order chi connectivity index (χ1) is 5.29. The molecule has 0 N–H and O–H groups in total. The summed E-state index contributed by atoms with van der Waals surface area (Å²) < 4.78 is 10.4. The molecule has 0 bridgehead atoms. The van der Waals surface area contributed by atoms with Crippen molar-refractivity contribution in [1.29, 1.82) is 0 Å². The van der Waals surface area contributed by atoms with Gasteiger partial charge >= 0.3 is 0 Å². The van der Waals surface area contributed by atoms with Crippen molar-refractivity contribution in [1.82, 2.24) is 0 Å². The van der Waals surface area contributed by atoms with Crippen molar-refractivity contribution in [2.75, 3.05) is 19.8 Å². The number of carbonyl (C=O) groups is 1. The topological polar surface area (TPSA) is 35.5 Å². The van der Waals surface area contributed by atoms with Crippen LogP contribution in [0.1, 0.15) is 19.8 Å². The monoisotopic (exact) mass is 158 g/mol. The van der Waals surface area contributed by atoms with Gasteiger partial charge in [0, 0.05) is 6.61 Å². The summed E-state index contributed by atoms with van der Waals surface area (Å²) in [4.78, 5) is 10.5. The highest BCUT2D eigenvalue weighted by atomic mass is 16.5. The van der Waals surface area contributed by atoms with Gasteiger partial charge in [-0.1, -0.05) is 0 Å². The summed E-state index contributed by atoms with van der Waals surface area (Å²) in [7, 11) is 0. The Balaban J connectivity index is 1.98. The Morgan fingerprint density at radius 1 is 1.73 bits per heavy atom. The first kappa shape index (κ1) is 8.68. The van der Waals surface area contributed by atoms with Crippen LogP contribution in [-0.4, -0.2) is 31.7 Å². The fourth-order valence-electron chi connectivity index (χ4n) is 1.11. The molecular formula is C8H14O3. The molecule has 1 atom stereocenters. The molecule has 0 aromatic heterocycles. The molecule has 1 unspecified atom stereocenters. The number of ether oxygens (including phenoxy) is 2. The lowest BCUT2D eigenvalue weighted by atomic mass is 10.2. The van der Waals surface area contributed by atoms with Gasteiger partial charge in [0.1, 0.15) is 6.61 Å². The highest BCUT2D eigenvalue weighted by Gasteiger charge is 2.15. The first-order valence-corrected chi connectivity index (χ1v) is 3.98. The van der Waals surface area contributed by atoms with Gasteiger partial charge in [0.2, 0.25) is 0 Å². The van der Waals surface area contributed by atoms with E-state index in [9.17, 15) is 4.79 Å². The third kappa shape index (κ3) is 3.49. The van der Waals surface area contributed by atoms with Crippen LogP contribution in [0.4, 0.5) is 0 Å². The van der Waals surface area contributed by atoms with Crippen molar-refractivity contribution in [3.63, 3.8) is 0 Å².